The Labute approximate surface area is 73.6 Å². The molecule has 0 aliphatic heterocycles. The first kappa shape index (κ1) is 9.00. The van der Waals surface area contributed by atoms with Gasteiger partial charge in [-0.1, -0.05) is 23.7 Å². The Morgan fingerprint density at radius 2 is 2.42 bits per heavy atom. The fourth-order valence-corrected chi connectivity index (χ4v) is 0.977. The number of rotatable bonds is 2. The van der Waals surface area contributed by atoms with Gasteiger partial charge in [0.25, 0.3) is 0 Å². The monoisotopic (exact) mass is 187 g/mol. The largest absolute Gasteiger partial charge is 0.481 e. The van der Waals surface area contributed by atoms with Crippen LogP contribution in [0.25, 0.3) is 0 Å². The maximum Gasteiger partial charge on any atom is 0.307 e. The molecule has 0 atom stereocenters. The van der Waals surface area contributed by atoms with Crippen LogP contribution in [0, 0.1) is 11.9 Å². The third-order valence-electron chi connectivity index (χ3n) is 1.31. The fourth-order valence-electron chi connectivity index (χ4n) is 0.792. The van der Waals surface area contributed by atoms with E-state index in [-0.39, 0.29) is 17.0 Å². The normalized spacial score (nSPS) is 9.83. The second-order valence-corrected chi connectivity index (χ2v) is 2.58. The summed E-state index contributed by atoms with van der Waals surface area (Å²) in [4.78, 5) is 10.2. The molecular weight excluding hydrogens is 183 g/mol. The minimum absolute atomic E-state index is 0.0752. The molecule has 0 saturated carbocycles. The predicted molar refractivity (Wildman–Crippen MR) is 41.6 cm³/mol. The van der Waals surface area contributed by atoms with Crippen molar-refractivity contribution in [3.63, 3.8) is 0 Å². The van der Waals surface area contributed by atoms with E-state index in [2.05, 4.69) is 6.07 Å². The number of hydrogen-bond donors (Lipinski definition) is 1. The second-order valence-electron chi connectivity index (χ2n) is 2.20. The smallest absolute Gasteiger partial charge is 0.307 e. The first-order chi connectivity index (χ1) is 5.61. The summed E-state index contributed by atoms with van der Waals surface area (Å²) in [6.07, 6.45) is -0.361. The Morgan fingerprint density at radius 3 is 3.00 bits per heavy atom. The molecule has 4 heteroatoms. The molecule has 0 fully saturated rings. The van der Waals surface area contributed by atoms with Crippen LogP contribution >= 0.6 is 11.6 Å². The van der Waals surface area contributed by atoms with Crippen molar-refractivity contribution in [3.05, 3.63) is 34.6 Å². The summed E-state index contributed by atoms with van der Waals surface area (Å²) in [6, 6.07) is 5.15. The van der Waals surface area contributed by atoms with Crippen LogP contribution in [0.5, 0.6) is 0 Å². The van der Waals surface area contributed by atoms with Gasteiger partial charge in [0.2, 0.25) is 0 Å². The maximum atomic E-state index is 12.9. The minimum atomic E-state index is -1.09. The molecule has 0 aliphatic carbocycles. The standard InChI is InChI=1S/C8H5ClFO2/c9-6-3-1-2-5(8(6)10)4-7(11)12/h1-2H,4H2,(H,11,12). The van der Waals surface area contributed by atoms with Gasteiger partial charge in [0.1, 0.15) is 5.82 Å². The summed E-state index contributed by atoms with van der Waals surface area (Å²) >= 11 is 5.37. The number of halogens is 2. The average Bonchev–Trinajstić information content (AvgIpc) is 1.98. The highest BCUT2D eigenvalue weighted by Gasteiger charge is 2.08. The van der Waals surface area contributed by atoms with E-state index in [0.717, 1.165) is 0 Å². The molecule has 0 aliphatic rings. The average molecular weight is 188 g/mol. The highest BCUT2D eigenvalue weighted by molar-refractivity contribution is 6.30. The summed E-state index contributed by atoms with van der Waals surface area (Å²) in [6.45, 7) is 0. The number of aliphatic carboxylic acids is 1. The zero-order valence-electron chi connectivity index (χ0n) is 5.97. The van der Waals surface area contributed by atoms with Crippen LogP contribution in [-0.4, -0.2) is 11.1 Å². The molecule has 0 saturated heterocycles. The van der Waals surface area contributed by atoms with Crippen molar-refractivity contribution in [2.75, 3.05) is 0 Å². The number of benzene rings is 1. The van der Waals surface area contributed by atoms with Crippen molar-refractivity contribution >= 4 is 17.6 Å². The van der Waals surface area contributed by atoms with Crippen molar-refractivity contribution in [2.45, 2.75) is 6.42 Å². The topological polar surface area (TPSA) is 37.3 Å². The number of hydrogen-bond acceptors (Lipinski definition) is 1. The molecular formula is C8H5ClFO2. The Morgan fingerprint density at radius 1 is 1.75 bits per heavy atom. The zero-order valence-corrected chi connectivity index (χ0v) is 6.73. The Bertz CT molecular complexity index is 312. The number of carboxylic acid groups (broad SMARTS) is 1. The molecule has 2 nitrogen and oxygen atoms in total. The number of carbonyl (C=O) groups is 1. The fraction of sp³-hybridized carbons (Fsp3) is 0.125. The summed E-state index contributed by atoms with van der Waals surface area (Å²) in [5, 5.41) is 8.19. The lowest BCUT2D eigenvalue weighted by Crippen LogP contribution is -2.02. The summed E-state index contributed by atoms with van der Waals surface area (Å²) in [7, 11) is 0. The van der Waals surface area contributed by atoms with Gasteiger partial charge in [0.15, 0.2) is 0 Å². The van der Waals surface area contributed by atoms with Gasteiger partial charge in [0.05, 0.1) is 11.4 Å². The highest BCUT2D eigenvalue weighted by atomic mass is 35.5. The first-order valence-corrected chi connectivity index (χ1v) is 3.55. The van der Waals surface area contributed by atoms with Gasteiger partial charge in [0, 0.05) is 11.6 Å². The van der Waals surface area contributed by atoms with Crippen LogP contribution in [0.4, 0.5) is 4.39 Å². The van der Waals surface area contributed by atoms with E-state index in [1.54, 1.807) is 0 Å². The number of carboxylic acids is 1. The minimum Gasteiger partial charge on any atom is -0.481 e. The van der Waals surface area contributed by atoms with Crippen molar-refractivity contribution in [1.82, 2.24) is 0 Å². The van der Waals surface area contributed by atoms with E-state index < -0.39 is 11.8 Å². The third-order valence-corrected chi connectivity index (χ3v) is 1.59. The molecule has 1 radical (unpaired) electrons. The SMILES string of the molecule is O=C(O)Cc1cc[c]c(Cl)c1F. The Balaban J connectivity index is 3.00. The van der Waals surface area contributed by atoms with Crippen molar-refractivity contribution in [1.29, 1.82) is 0 Å². The van der Waals surface area contributed by atoms with Gasteiger partial charge < -0.3 is 5.11 Å². The van der Waals surface area contributed by atoms with E-state index >= 15 is 0 Å². The van der Waals surface area contributed by atoms with Crippen LogP contribution in [0.1, 0.15) is 5.56 Å². The lowest BCUT2D eigenvalue weighted by molar-refractivity contribution is -0.136. The van der Waals surface area contributed by atoms with Gasteiger partial charge in [-0.15, -0.1) is 0 Å². The molecule has 1 N–H and O–H groups in total. The lowest BCUT2D eigenvalue weighted by atomic mass is 10.1. The molecule has 1 rings (SSSR count). The van der Waals surface area contributed by atoms with E-state index in [1.165, 1.54) is 12.1 Å². The van der Waals surface area contributed by atoms with Crippen LogP contribution in [0.2, 0.25) is 5.02 Å². The van der Waals surface area contributed by atoms with Crippen molar-refractivity contribution in [3.8, 4) is 0 Å². The molecule has 0 amide bonds. The molecule has 0 unspecified atom stereocenters. The van der Waals surface area contributed by atoms with E-state index in [0.29, 0.717) is 0 Å². The van der Waals surface area contributed by atoms with E-state index in [9.17, 15) is 9.18 Å². The highest BCUT2D eigenvalue weighted by Crippen LogP contribution is 2.17. The van der Waals surface area contributed by atoms with Gasteiger partial charge >= 0.3 is 5.97 Å². The zero-order chi connectivity index (χ0) is 9.14. The van der Waals surface area contributed by atoms with E-state index in [4.69, 9.17) is 16.7 Å². The van der Waals surface area contributed by atoms with Gasteiger partial charge in [-0.2, -0.15) is 0 Å². The van der Waals surface area contributed by atoms with Crippen LogP contribution in [-0.2, 0) is 11.2 Å². The van der Waals surface area contributed by atoms with Gasteiger partial charge in [-0.05, 0) is 0 Å². The molecule has 1 aromatic carbocycles. The first-order valence-electron chi connectivity index (χ1n) is 3.17. The molecule has 0 bridgehead atoms. The summed E-state index contributed by atoms with van der Waals surface area (Å²) < 4.78 is 12.9. The Kier molecular flexibility index (Phi) is 2.65. The quantitative estimate of drug-likeness (QED) is 0.768. The van der Waals surface area contributed by atoms with Crippen LogP contribution in [0.15, 0.2) is 12.1 Å². The molecule has 0 spiro atoms. The maximum absolute atomic E-state index is 12.9. The molecule has 12 heavy (non-hydrogen) atoms. The third kappa shape index (κ3) is 1.95. The predicted octanol–water partition coefficient (Wildman–Crippen LogP) is 1.91. The van der Waals surface area contributed by atoms with Gasteiger partial charge in [-0.25, -0.2) is 4.39 Å². The second kappa shape index (κ2) is 3.54. The molecule has 0 heterocycles. The van der Waals surface area contributed by atoms with Crippen molar-refractivity contribution < 1.29 is 14.3 Å². The lowest BCUT2D eigenvalue weighted by Gasteiger charge is -1.99. The molecule has 63 valence electrons. The summed E-state index contributed by atoms with van der Waals surface area (Å²) in [5.74, 6) is -1.79. The van der Waals surface area contributed by atoms with Crippen LogP contribution in [0.3, 0.4) is 0 Å². The van der Waals surface area contributed by atoms with E-state index in [1.807, 2.05) is 0 Å². The van der Waals surface area contributed by atoms with Crippen LogP contribution < -0.4 is 0 Å². The molecule has 1 aromatic rings. The Hall–Kier alpha value is -1.09. The van der Waals surface area contributed by atoms with Gasteiger partial charge in [-0.3, -0.25) is 4.79 Å². The van der Waals surface area contributed by atoms with Crippen molar-refractivity contribution in [2.24, 2.45) is 0 Å². The summed E-state index contributed by atoms with van der Waals surface area (Å²) in [5.41, 5.74) is 0.0752. The molecule has 0 aromatic heterocycles.